The van der Waals surface area contributed by atoms with Gasteiger partial charge in [0.2, 0.25) is 0 Å². The van der Waals surface area contributed by atoms with E-state index in [9.17, 15) is 8.42 Å². The maximum atomic E-state index is 12.4. The number of likely N-dealkylation sites (N-methyl/N-ethyl adjacent to an activating group) is 1. The molecule has 3 N–H and O–H groups in total. The second-order valence-electron chi connectivity index (χ2n) is 5.25. The first kappa shape index (κ1) is 16.3. The highest BCUT2D eigenvalue weighted by atomic mass is 32.2. The summed E-state index contributed by atoms with van der Waals surface area (Å²) in [4.78, 5) is 4.01. The van der Waals surface area contributed by atoms with Crippen molar-refractivity contribution in [1.29, 1.82) is 0 Å². The summed E-state index contributed by atoms with van der Waals surface area (Å²) < 4.78 is 29.1. The fraction of sp³-hybridized carbons (Fsp3) is 0.833. The summed E-state index contributed by atoms with van der Waals surface area (Å²) in [6.45, 7) is 1.70. The quantitative estimate of drug-likeness (QED) is 0.569. The fourth-order valence-corrected chi connectivity index (χ4v) is 4.13. The van der Waals surface area contributed by atoms with E-state index in [0.717, 1.165) is 25.1 Å². The lowest BCUT2D eigenvalue weighted by Gasteiger charge is -2.34. The van der Waals surface area contributed by atoms with Crippen LogP contribution in [0.25, 0.3) is 0 Å². The molecule has 0 radical (unpaired) electrons. The molecule has 0 amide bonds. The number of hydrogen-bond acceptors (Lipinski definition) is 5. The summed E-state index contributed by atoms with van der Waals surface area (Å²) in [7, 11) is -1.55. The van der Waals surface area contributed by atoms with Crippen LogP contribution in [-0.2, 0) is 16.6 Å². The molecule has 0 spiro atoms. The number of piperidine rings is 1. The monoisotopic (exact) mass is 316 g/mol. The number of aromatic nitrogens is 3. The van der Waals surface area contributed by atoms with Gasteiger partial charge in [0.15, 0.2) is 0 Å². The predicted octanol–water partition coefficient (Wildman–Crippen LogP) is -0.354. The van der Waals surface area contributed by atoms with Crippen LogP contribution >= 0.6 is 0 Å². The third-order valence-electron chi connectivity index (χ3n) is 3.66. The van der Waals surface area contributed by atoms with Crippen molar-refractivity contribution in [3.63, 3.8) is 0 Å². The van der Waals surface area contributed by atoms with Crippen molar-refractivity contribution in [3.8, 4) is 0 Å². The van der Waals surface area contributed by atoms with Gasteiger partial charge in [0.25, 0.3) is 10.2 Å². The predicted molar refractivity (Wildman–Crippen MR) is 79.9 cm³/mol. The van der Waals surface area contributed by atoms with Crippen LogP contribution in [0, 0.1) is 0 Å². The Bertz CT molecular complexity index is 502. The highest BCUT2D eigenvalue weighted by Gasteiger charge is 2.31. The molecule has 21 heavy (non-hydrogen) atoms. The lowest BCUT2D eigenvalue weighted by atomic mass is 10.1. The van der Waals surface area contributed by atoms with Gasteiger partial charge in [-0.3, -0.25) is 5.10 Å². The summed E-state index contributed by atoms with van der Waals surface area (Å²) in [6, 6.07) is 0.0514. The molecular weight excluding hydrogens is 292 g/mol. The molecule has 2 heterocycles. The Morgan fingerprint density at radius 3 is 3.05 bits per heavy atom. The molecule has 9 heteroatoms. The largest absolute Gasteiger partial charge is 0.318 e. The number of aryl methyl sites for hydroxylation is 1. The van der Waals surface area contributed by atoms with E-state index >= 15 is 0 Å². The van der Waals surface area contributed by atoms with E-state index in [4.69, 9.17) is 0 Å². The number of nitrogens with zero attached hydrogens (tertiary/aromatic N) is 3. The molecule has 120 valence electrons. The normalized spacial score (nSPS) is 20.7. The SMILES string of the molecule is CNCC1CCCCN1S(=O)(=O)NCCCc1ncn[nH]1. The lowest BCUT2D eigenvalue weighted by molar-refractivity contribution is 0.246. The minimum Gasteiger partial charge on any atom is -0.318 e. The van der Waals surface area contributed by atoms with Crippen molar-refractivity contribution in [2.75, 3.05) is 26.7 Å². The molecule has 0 saturated carbocycles. The standard InChI is InChI=1S/C12H24N6O2S/c1-13-9-11-5-2-3-8-18(11)21(19,20)16-7-4-6-12-14-10-15-17-12/h10-11,13,16H,2-9H2,1H3,(H,14,15,17). The fourth-order valence-electron chi connectivity index (χ4n) is 2.62. The Kier molecular flexibility index (Phi) is 6.09. The van der Waals surface area contributed by atoms with Crippen LogP contribution in [-0.4, -0.2) is 60.6 Å². The molecule has 1 aromatic rings. The van der Waals surface area contributed by atoms with Gasteiger partial charge < -0.3 is 5.32 Å². The van der Waals surface area contributed by atoms with Crippen LogP contribution < -0.4 is 10.0 Å². The van der Waals surface area contributed by atoms with Gasteiger partial charge in [0, 0.05) is 32.1 Å². The molecule has 1 aliphatic heterocycles. The first-order valence-corrected chi connectivity index (χ1v) is 8.83. The van der Waals surface area contributed by atoms with Gasteiger partial charge in [0.05, 0.1) is 0 Å². The maximum absolute atomic E-state index is 12.4. The van der Waals surface area contributed by atoms with Crippen LogP contribution in [0.3, 0.4) is 0 Å². The van der Waals surface area contributed by atoms with E-state index in [0.29, 0.717) is 32.5 Å². The third kappa shape index (κ3) is 4.73. The zero-order chi connectivity index (χ0) is 15.1. The minimum absolute atomic E-state index is 0.0514. The van der Waals surface area contributed by atoms with E-state index in [2.05, 4.69) is 25.2 Å². The van der Waals surface area contributed by atoms with E-state index in [1.165, 1.54) is 6.33 Å². The van der Waals surface area contributed by atoms with Crippen molar-refractivity contribution in [2.45, 2.75) is 38.1 Å². The average Bonchev–Trinajstić information content (AvgIpc) is 2.98. The molecular formula is C12H24N6O2S. The van der Waals surface area contributed by atoms with Crippen molar-refractivity contribution in [2.24, 2.45) is 0 Å². The van der Waals surface area contributed by atoms with E-state index in [1.54, 1.807) is 4.31 Å². The minimum atomic E-state index is -3.40. The van der Waals surface area contributed by atoms with Gasteiger partial charge in [-0.2, -0.15) is 17.8 Å². The Morgan fingerprint density at radius 2 is 2.33 bits per heavy atom. The lowest BCUT2D eigenvalue weighted by Crippen LogP contribution is -2.52. The Labute approximate surface area is 125 Å². The molecule has 1 unspecified atom stereocenters. The van der Waals surface area contributed by atoms with E-state index < -0.39 is 10.2 Å². The molecule has 8 nitrogen and oxygen atoms in total. The van der Waals surface area contributed by atoms with Crippen molar-refractivity contribution < 1.29 is 8.42 Å². The summed E-state index contributed by atoms with van der Waals surface area (Å²) in [6.07, 6.45) is 5.76. The van der Waals surface area contributed by atoms with Gasteiger partial charge >= 0.3 is 0 Å². The molecule has 1 aromatic heterocycles. The summed E-state index contributed by atoms with van der Waals surface area (Å²) >= 11 is 0. The van der Waals surface area contributed by atoms with Crippen LogP contribution in [0.1, 0.15) is 31.5 Å². The maximum Gasteiger partial charge on any atom is 0.279 e. The third-order valence-corrected chi connectivity index (χ3v) is 5.33. The van der Waals surface area contributed by atoms with E-state index in [1.807, 2.05) is 7.05 Å². The molecule has 1 saturated heterocycles. The Hall–Kier alpha value is -1.03. The van der Waals surface area contributed by atoms with Crippen LogP contribution in [0.5, 0.6) is 0 Å². The number of rotatable bonds is 8. The van der Waals surface area contributed by atoms with Crippen LogP contribution in [0.2, 0.25) is 0 Å². The van der Waals surface area contributed by atoms with Gasteiger partial charge in [-0.1, -0.05) is 6.42 Å². The first-order valence-electron chi connectivity index (χ1n) is 7.39. The molecule has 2 rings (SSSR count). The Morgan fingerprint density at radius 1 is 1.48 bits per heavy atom. The van der Waals surface area contributed by atoms with Gasteiger partial charge in [0.1, 0.15) is 12.2 Å². The topological polar surface area (TPSA) is 103 Å². The van der Waals surface area contributed by atoms with Crippen LogP contribution in [0.4, 0.5) is 0 Å². The van der Waals surface area contributed by atoms with Crippen molar-refractivity contribution in [1.82, 2.24) is 29.5 Å². The number of H-pyrrole nitrogens is 1. The van der Waals surface area contributed by atoms with Gasteiger partial charge in [-0.25, -0.2) is 9.71 Å². The zero-order valence-corrected chi connectivity index (χ0v) is 13.2. The molecule has 0 bridgehead atoms. The number of nitrogens with one attached hydrogen (secondary N) is 3. The molecule has 0 aromatic carbocycles. The average molecular weight is 316 g/mol. The molecule has 1 aliphatic rings. The van der Waals surface area contributed by atoms with Gasteiger partial charge in [-0.05, 0) is 26.3 Å². The van der Waals surface area contributed by atoms with Crippen molar-refractivity contribution in [3.05, 3.63) is 12.2 Å². The first-order chi connectivity index (χ1) is 10.1. The number of aromatic amines is 1. The number of hydrogen-bond donors (Lipinski definition) is 3. The second kappa shape index (κ2) is 7.83. The molecule has 0 aliphatic carbocycles. The molecule has 1 atom stereocenters. The van der Waals surface area contributed by atoms with Gasteiger partial charge in [-0.15, -0.1) is 0 Å². The zero-order valence-electron chi connectivity index (χ0n) is 12.4. The summed E-state index contributed by atoms with van der Waals surface area (Å²) in [5.74, 6) is 0.778. The van der Waals surface area contributed by atoms with Crippen LogP contribution in [0.15, 0.2) is 6.33 Å². The van der Waals surface area contributed by atoms with Crippen molar-refractivity contribution >= 4 is 10.2 Å². The smallest absolute Gasteiger partial charge is 0.279 e. The highest BCUT2D eigenvalue weighted by Crippen LogP contribution is 2.19. The summed E-state index contributed by atoms with van der Waals surface area (Å²) in [5, 5.41) is 9.60. The van der Waals surface area contributed by atoms with E-state index in [-0.39, 0.29) is 6.04 Å². The second-order valence-corrected chi connectivity index (χ2v) is 6.96. The highest BCUT2D eigenvalue weighted by molar-refractivity contribution is 7.87. The molecule has 1 fully saturated rings. The summed E-state index contributed by atoms with van der Waals surface area (Å²) in [5.41, 5.74) is 0. The Balaban J connectivity index is 1.81.